The molecule has 0 aliphatic carbocycles. The lowest BCUT2D eigenvalue weighted by Gasteiger charge is -2.07. The predicted octanol–water partition coefficient (Wildman–Crippen LogP) is 5.09. The van der Waals surface area contributed by atoms with Gasteiger partial charge in [-0.15, -0.1) is 22.7 Å². The minimum absolute atomic E-state index is 0.166. The number of rotatable bonds is 3. The second-order valence-electron chi connectivity index (χ2n) is 4.42. The number of nitrogens with zero attached hydrogens (tertiary/aromatic N) is 1. The van der Waals surface area contributed by atoms with Gasteiger partial charge in [0.05, 0.1) is 11.1 Å². The van der Waals surface area contributed by atoms with Crippen molar-refractivity contribution in [3.63, 3.8) is 0 Å². The molecule has 21 heavy (non-hydrogen) atoms. The topological polar surface area (TPSA) is 42.0 Å². The van der Waals surface area contributed by atoms with Gasteiger partial charge in [-0.05, 0) is 36.1 Å². The van der Waals surface area contributed by atoms with Crippen LogP contribution in [0.25, 0.3) is 9.88 Å². The van der Waals surface area contributed by atoms with Gasteiger partial charge in [0.15, 0.2) is 0 Å². The van der Waals surface area contributed by atoms with Gasteiger partial charge < -0.3 is 5.32 Å². The first-order valence-corrected chi connectivity index (χ1v) is 8.28. The summed E-state index contributed by atoms with van der Waals surface area (Å²) in [7, 11) is 0. The van der Waals surface area contributed by atoms with Gasteiger partial charge in [0.1, 0.15) is 9.88 Å². The van der Waals surface area contributed by atoms with Crippen molar-refractivity contribution in [1.29, 1.82) is 0 Å². The van der Waals surface area contributed by atoms with Crippen molar-refractivity contribution in [3.8, 4) is 9.88 Å². The summed E-state index contributed by atoms with van der Waals surface area (Å²) in [6.07, 6.45) is 1.61. The van der Waals surface area contributed by atoms with Crippen molar-refractivity contribution >= 4 is 45.9 Å². The normalized spacial score (nSPS) is 10.6. The van der Waals surface area contributed by atoms with Crippen LogP contribution < -0.4 is 5.32 Å². The first-order chi connectivity index (χ1) is 10.1. The summed E-state index contributed by atoms with van der Waals surface area (Å²) in [6.45, 7) is 1.93. The number of anilines is 1. The Morgan fingerprint density at radius 3 is 2.95 bits per heavy atom. The van der Waals surface area contributed by atoms with E-state index in [9.17, 15) is 4.79 Å². The van der Waals surface area contributed by atoms with E-state index in [1.807, 2.05) is 30.5 Å². The molecule has 0 radical (unpaired) electrons. The first kappa shape index (κ1) is 14.3. The highest BCUT2D eigenvalue weighted by Crippen LogP contribution is 2.29. The van der Waals surface area contributed by atoms with Crippen LogP contribution in [0.5, 0.6) is 0 Å². The number of hydrogen-bond acceptors (Lipinski definition) is 4. The second-order valence-corrected chi connectivity index (χ2v) is 6.84. The average Bonchev–Trinajstić information content (AvgIpc) is 3.12. The van der Waals surface area contributed by atoms with E-state index in [1.54, 1.807) is 29.7 Å². The second kappa shape index (κ2) is 5.97. The standard InChI is InChI=1S/C15H11ClN2OS2/c1-9-4-5-10(16)7-11(9)18-14(19)13-8-17-15(21-13)12-3-2-6-20-12/h2-8H,1H3,(H,18,19). The zero-order chi connectivity index (χ0) is 14.8. The molecule has 0 atom stereocenters. The Hall–Kier alpha value is -1.69. The lowest BCUT2D eigenvalue weighted by Crippen LogP contribution is -2.11. The third kappa shape index (κ3) is 3.15. The molecule has 0 saturated heterocycles. The smallest absolute Gasteiger partial charge is 0.267 e. The molecular weight excluding hydrogens is 324 g/mol. The fourth-order valence-corrected chi connectivity index (χ4v) is 3.59. The van der Waals surface area contributed by atoms with Crippen LogP contribution in [0.3, 0.4) is 0 Å². The summed E-state index contributed by atoms with van der Waals surface area (Å²) in [5.74, 6) is -0.166. The Morgan fingerprint density at radius 1 is 1.33 bits per heavy atom. The highest BCUT2D eigenvalue weighted by Gasteiger charge is 2.13. The Labute approximate surface area is 135 Å². The third-order valence-corrected chi connectivity index (χ3v) is 5.18. The van der Waals surface area contributed by atoms with Crippen LogP contribution in [0.4, 0.5) is 5.69 Å². The van der Waals surface area contributed by atoms with Crippen LogP contribution in [0.2, 0.25) is 5.02 Å². The Morgan fingerprint density at radius 2 is 2.19 bits per heavy atom. The lowest BCUT2D eigenvalue weighted by atomic mass is 10.2. The summed E-state index contributed by atoms with van der Waals surface area (Å²) in [6, 6.07) is 9.38. The number of amides is 1. The minimum Gasteiger partial charge on any atom is -0.321 e. The highest BCUT2D eigenvalue weighted by molar-refractivity contribution is 7.22. The molecule has 2 aromatic heterocycles. The maximum absolute atomic E-state index is 12.3. The Kier molecular flexibility index (Phi) is 4.05. The van der Waals surface area contributed by atoms with Crippen LogP contribution in [-0.2, 0) is 0 Å². The lowest BCUT2D eigenvalue weighted by molar-refractivity contribution is 0.103. The van der Waals surface area contributed by atoms with Gasteiger partial charge in [0.25, 0.3) is 5.91 Å². The van der Waals surface area contributed by atoms with Crippen molar-refractivity contribution in [2.24, 2.45) is 0 Å². The predicted molar refractivity (Wildman–Crippen MR) is 89.6 cm³/mol. The number of halogens is 1. The number of hydrogen-bond donors (Lipinski definition) is 1. The number of aryl methyl sites for hydroxylation is 1. The van der Waals surface area contributed by atoms with E-state index in [4.69, 9.17) is 11.6 Å². The fourth-order valence-electron chi connectivity index (χ4n) is 1.81. The van der Waals surface area contributed by atoms with E-state index >= 15 is 0 Å². The van der Waals surface area contributed by atoms with Gasteiger partial charge in [-0.2, -0.15) is 0 Å². The van der Waals surface area contributed by atoms with Gasteiger partial charge in [-0.3, -0.25) is 4.79 Å². The maximum atomic E-state index is 12.3. The Balaban J connectivity index is 1.81. The summed E-state index contributed by atoms with van der Waals surface area (Å²) >= 11 is 8.95. The third-order valence-electron chi connectivity index (χ3n) is 2.91. The molecule has 0 unspecified atom stereocenters. The molecule has 0 bridgehead atoms. The first-order valence-electron chi connectivity index (χ1n) is 6.21. The molecule has 0 fully saturated rings. The summed E-state index contributed by atoms with van der Waals surface area (Å²) in [5, 5.41) is 6.32. The number of nitrogens with one attached hydrogen (secondary N) is 1. The van der Waals surface area contributed by atoms with Gasteiger partial charge in [-0.1, -0.05) is 23.7 Å². The van der Waals surface area contributed by atoms with E-state index in [-0.39, 0.29) is 5.91 Å². The van der Waals surface area contributed by atoms with Crippen molar-refractivity contribution < 1.29 is 4.79 Å². The molecule has 3 nitrogen and oxygen atoms in total. The summed E-state index contributed by atoms with van der Waals surface area (Å²) < 4.78 is 0. The molecule has 0 saturated carbocycles. The zero-order valence-electron chi connectivity index (χ0n) is 11.1. The molecule has 0 aliphatic rings. The van der Waals surface area contributed by atoms with Crippen molar-refractivity contribution in [1.82, 2.24) is 4.98 Å². The fraction of sp³-hybridized carbons (Fsp3) is 0.0667. The number of thiophene rings is 1. The number of benzene rings is 1. The molecule has 106 valence electrons. The largest absolute Gasteiger partial charge is 0.321 e. The van der Waals surface area contributed by atoms with E-state index in [0.717, 1.165) is 21.1 Å². The molecule has 6 heteroatoms. The Bertz CT molecular complexity index is 781. The summed E-state index contributed by atoms with van der Waals surface area (Å²) in [5.41, 5.74) is 1.69. The zero-order valence-corrected chi connectivity index (χ0v) is 13.5. The molecule has 3 rings (SSSR count). The van der Waals surface area contributed by atoms with Crippen molar-refractivity contribution in [3.05, 3.63) is 57.4 Å². The number of carbonyl (C=O) groups is 1. The van der Waals surface area contributed by atoms with E-state index in [0.29, 0.717) is 9.90 Å². The van der Waals surface area contributed by atoms with Gasteiger partial charge in [0.2, 0.25) is 0 Å². The van der Waals surface area contributed by atoms with E-state index < -0.39 is 0 Å². The maximum Gasteiger partial charge on any atom is 0.267 e. The van der Waals surface area contributed by atoms with E-state index in [2.05, 4.69) is 10.3 Å². The minimum atomic E-state index is -0.166. The number of carbonyl (C=O) groups excluding carboxylic acids is 1. The van der Waals surface area contributed by atoms with E-state index in [1.165, 1.54) is 11.3 Å². The number of aromatic nitrogens is 1. The molecule has 1 N–H and O–H groups in total. The molecule has 2 heterocycles. The SMILES string of the molecule is Cc1ccc(Cl)cc1NC(=O)c1cnc(-c2cccs2)s1. The van der Waals surface area contributed by atoms with Crippen molar-refractivity contribution in [2.75, 3.05) is 5.32 Å². The van der Waals surface area contributed by atoms with Gasteiger partial charge in [0, 0.05) is 10.7 Å². The monoisotopic (exact) mass is 334 g/mol. The van der Waals surface area contributed by atoms with Crippen LogP contribution in [0.15, 0.2) is 41.9 Å². The van der Waals surface area contributed by atoms with Crippen LogP contribution in [-0.4, -0.2) is 10.9 Å². The average molecular weight is 335 g/mol. The van der Waals surface area contributed by atoms with Gasteiger partial charge >= 0.3 is 0 Å². The highest BCUT2D eigenvalue weighted by atomic mass is 35.5. The molecule has 0 spiro atoms. The molecular formula is C15H11ClN2OS2. The summed E-state index contributed by atoms with van der Waals surface area (Å²) in [4.78, 5) is 18.2. The van der Waals surface area contributed by atoms with Gasteiger partial charge in [-0.25, -0.2) is 4.98 Å². The molecule has 3 aromatic rings. The quantitative estimate of drug-likeness (QED) is 0.725. The van der Waals surface area contributed by atoms with Crippen LogP contribution in [0, 0.1) is 6.92 Å². The molecule has 1 amide bonds. The molecule has 1 aromatic carbocycles. The van der Waals surface area contributed by atoms with Crippen LogP contribution >= 0.6 is 34.3 Å². The van der Waals surface area contributed by atoms with Crippen molar-refractivity contribution in [2.45, 2.75) is 6.92 Å². The molecule has 0 aliphatic heterocycles. The van der Waals surface area contributed by atoms with Crippen LogP contribution in [0.1, 0.15) is 15.2 Å². The number of thiazole rings is 1.